The first-order valence-corrected chi connectivity index (χ1v) is 2.91. The lowest BCUT2D eigenvalue weighted by Crippen LogP contribution is -3.06. The van der Waals surface area contributed by atoms with Crippen LogP contribution in [0.2, 0.25) is 0 Å². The largest absolute Gasteiger partial charge is 0.199 e. The van der Waals surface area contributed by atoms with Crippen molar-refractivity contribution in [3.05, 3.63) is 0 Å². The summed E-state index contributed by atoms with van der Waals surface area (Å²) in [5.74, 6) is 0. The van der Waals surface area contributed by atoms with E-state index in [1.54, 1.807) is 0 Å². The lowest BCUT2D eigenvalue weighted by atomic mass is 10.2. The van der Waals surface area contributed by atoms with Crippen molar-refractivity contribution in [2.24, 2.45) is 0 Å². The highest BCUT2D eigenvalue weighted by molar-refractivity contribution is 4.53. The third kappa shape index (κ3) is 5.92. The zero-order valence-electron chi connectivity index (χ0n) is 6.41. The first kappa shape index (κ1) is 7.92. The quantitative estimate of drug-likeness (QED) is 0.473. The SMILES string of the molecule is C[NH+](C)OC(C)(C)C. The van der Waals surface area contributed by atoms with Crippen LogP contribution in [0.1, 0.15) is 20.8 Å². The molecule has 0 amide bonds. The summed E-state index contributed by atoms with van der Waals surface area (Å²) < 4.78 is 0. The van der Waals surface area contributed by atoms with Gasteiger partial charge in [0.2, 0.25) is 0 Å². The van der Waals surface area contributed by atoms with Gasteiger partial charge in [-0.15, -0.1) is 0 Å². The molecule has 0 aliphatic rings. The van der Waals surface area contributed by atoms with E-state index in [1.165, 1.54) is 0 Å². The fourth-order valence-electron chi connectivity index (χ4n) is 0.612. The maximum atomic E-state index is 5.35. The number of nitrogens with one attached hydrogen (secondary N) is 1. The van der Waals surface area contributed by atoms with Gasteiger partial charge in [-0.3, -0.25) is 0 Å². The van der Waals surface area contributed by atoms with E-state index < -0.39 is 0 Å². The summed E-state index contributed by atoms with van der Waals surface area (Å²) >= 11 is 0. The van der Waals surface area contributed by atoms with Crippen LogP contribution in [0, 0.1) is 0 Å². The van der Waals surface area contributed by atoms with Gasteiger partial charge in [-0.05, 0) is 20.8 Å². The number of rotatable bonds is 1. The summed E-state index contributed by atoms with van der Waals surface area (Å²) in [6.07, 6.45) is 0. The summed E-state index contributed by atoms with van der Waals surface area (Å²) in [5.41, 5.74) is -0.0150. The molecule has 0 aromatic heterocycles. The first-order chi connectivity index (χ1) is 3.42. The van der Waals surface area contributed by atoms with Crippen molar-refractivity contribution in [3.63, 3.8) is 0 Å². The average Bonchev–Trinajstić information content (AvgIpc) is 1.21. The highest BCUT2D eigenvalue weighted by atomic mass is 16.7. The van der Waals surface area contributed by atoms with Gasteiger partial charge in [0.05, 0.1) is 14.1 Å². The van der Waals surface area contributed by atoms with Crippen molar-refractivity contribution in [1.29, 1.82) is 0 Å². The summed E-state index contributed by atoms with van der Waals surface area (Å²) in [6.45, 7) is 6.12. The van der Waals surface area contributed by atoms with E-state index in [-0.39, 0.29) is 5.60 Å². The van der Waals surface area contributed by atoms with Gasteiger partial charge in [-0.1, -0.05) is 0 Å². The van der Waals surface area contributed by atoms with Crippen LogP contribution in [0.3, 0.4) is 0 Å². The van der Waals surface area contributed by atoms with Gasteiger partial charge >= 0.3 is 0 Å². The molecule has 50 valence electrons. The fourth-order valence-corrected chi connectivity index (χ4v) is 0.612. The Morgan fingerprint density at radius 1 is 1.12 bits per heavy atom. The second-order valence-corrected chi connectivity index (χ2v) is 3.12. The second-order valence-electron chi connectivity index (χ2n) is 3.12. The molecule has 1 N–H and O–H groups in total. The zero-order valence-corrected chi connectivity index (χ0v) is 6.41. The predicted molar refractivity (Wildman–Crippen MR) is 33.6 cm³/mol. The van der Waals surface area contributed by atoms with Crippen LogP contribution in [-0.4, -0.2) is 19.7 Å². The maximum absolute atomic E-state index is 5.35. The Labute approximate surface area is 51.4 Å². The van der Waals surface area contributed by atoms with Gasteiger partial charge in [0.25, 0.3) is 0 Å². The number of hydrogen-bond acceptors (Lipinski definition) is 1. The van der Waals surface area contributed by atoms with E-state index in [2.05, 4.69) is 0 Å². The lowest BCUT2D eigenvalue weighted by Gasteiger charge is -2.19. The maximum Gasteiger partial charge on any atom is 0.119 e. The molecule has 0 aromatic carbocycles. The molecule has 0 bridgehead atoms. The van der Waals surface area contributed by atoms with Crippen molar-refractivity contribution < 1.29 is 9.90 Å². The van der Waals surface area contributed by atoms with Gasteiger partial charge in [0.15, 0.2) is 0 Å². The normalized spacial score (nSPS) is 12.8. The molecule has 0 atom stereocenters. The van der Waals surface area contributed by atoms with Crippen molar-refractivity contribution in [2.45, 2.75) is 26.4 Å². The van der Waals surface area contributed by atoms with Crippen LogP contribution >= 0.6 is 0 Å². The molecule has 2 nitrogen and oxygen atoms in total. The highest BCUT2D eigenvalue weighted by Crippen LogP contribution is 2.00. The molecule has 0 spiro atoms. The molecule has 0 aliphatic heterocycles. The smallest absolute Gasteiger partial charge is 0.119 e. The van der Waals surface area contributed by atoms with Crippen LogP contribution in [0.15, 0.2) is 0 Å². The summed E-state index contributed by atoms with van der Waals surface area (Å²) in [6, 6.07) is 0. The van der Waals surface area contributed by atoms with Crippen molar-refractivity contribution in [3.8, 4) is 0 Å². The van der Waals surface area contributed by atoms with E-state index in [0.717, 1.165) is 5.06 Å². The summed E-state index contributed by atoms with van der Waals surface area (Å²) in [5, 5.41) is 1.03. The lowest BCUT2D eigenvalue weighted by molar-refractivity contribution is -1.07. The first-order valence-electron chi connectivity index (χ1n) is 2.91. The molecule has 0 rings (SSSR count). The Hall–Kier alpha value is -0.0800. The Morgan fingerprint density at radius 3 is 1.50 bits per heavy atom. The Kier molecular flexibility index (Phi) is 2.44. The minimum Gasteiger partial charge on any atom is -0.199 e. The second kappa shape index (κ2) is 2.46. The molecular weight excluding hydrogens is 102 g/mol. The predicted octanol–water partition coefficient (Wildman–Crippen LogP) is -0.139. The molecule has 0 unspecified atom stereocenters. The molecule has 0 aliphatic carbocycles. The molecule has 0 saturated heterocycles. The van der Waals surface area contributed by atoms with Crippen molar-refractivity contribution >= 4 is 0 Å². The van der Waals surface area contributed by atoms with Crippen molar-refractivity contribution in [1.82, 2.24) is 0 Å². The highest BCUT2D eigenvalue weighted by Gasteiger charge is 2.14. The van der Waals surface area contributed by atoms with E-state index in [1.807, 2.05) is 34.9 Å². The molecule has 8 heavy (non-hydrogen) atoms. The Balaban J connectivity index is 3.39. The fraction of sp³-hybridized carbons (Fsp3) is 1.00. The van der Waals surface area contributed by atoms with Gasteiger partial charge in [0, 0.05) is 0 Å². The molecular formula is C6H16NO+. The molecule has 0 heterocycles. The molecule has 0 aromatic rings. The number of hydroxylamine groups is 2. The average molecular weight is 118 g/mol. The summed E-state index contributed by atoms with van der Waals surface area (Å²) in [4.78, 5) is 5.35. The minimum atomic E-state index is -0.0150. The zero-order chi connectivity index (χ0) is 6.78. The van der Waals surface area contributed by atoms with Crippen LogP contribution < -0.4 is 5.06 Å². The minimum absolute atomic E-state index is 0.0150. The molecule has 0 radical (unpaired) electrons. The molecule has 0 saturated carbocycles. The van der Waals surface area contributed by atoms with Gasteiger partial charge in [0.1, 0.15) is 5.60 Å². The third-order valence-electron chi connectivity index (χ3n) is 0.510. The topological polar surface area (TPSA) is 13.7 Å². The van der Waals surface area contributed by atoms with E-state index >= 15 is 0 Å². The van der Waals surface area contributed by atoms with E-state index in [4.69, 9.17) is 4.84 Å². The van der Waals surface area contributed by atoms with Crippen LogP contribution in [0.4, 0.5) is 0 Å². The number of hydrogen-bond donors (Lipinski definition) is 1. The van der Waals surface area contributed by atoms with Gasteiger partial charge in [-0.25, -0.2) is 0 Å². The van der Waals surface area contributed by atoms with E-state index in [0.29, 0.717) is 0 Å². The monoisotopic (exact) mass is 118 g/mol. The van der Waals surface area contributed by atoms with Crippen LogP contribution in [0.25, 0.3) is 0 Å². The van der Waals surface area contributed by atoms with Crippen LogP contribution in [-0.2, 0) is 4.84 Å². The third-order valence-corrected chi connectivity index (χ3v) is 0.510. The Bertz CT molecular complexity index is 63.4. The summed E-state index contributed by atoms with van der Waals surface area (Å²) in [7, 11) is 3.93. The Morgan fingerprint density at radius 2 is 1.50 bits per heavy atom. The van der Waals surface area contributed by atoms with E-state index in [9.17, 15) is 0 Å². The molecule has 2 heteroatoms. The standard InChI is InChI=1S/C6H15NO/c1-6(2,3)8-7(4)5/h1-5H3/p+1. The van der Waals surface area contributed by atoms with Crippen molar-refractivity contribution in [2.75, 3.05) is 14.1 Å². The van der Waals surface area contributed by atoms with Gasteiger partial charge < -0.3 is 0 Å². The number of quaternary nitrogens is 1. The van der Waals surface area contributed by atoms with Crippen LogP contribution in [0.5, 0.6) is 0 Å². The van der Waals surface area contributed by atoms with Gasteiger partial charge in [-0.2, -0.15) is 9.90 Å². The molecule has 0 fully saturated rings.